The largest absolute Gasteiger partial charge is 0.489 e. The van der Waals surface area contributed by atoms with Gasteiger partial charge in [0.2, 0.25) is 11.8 Å². The van der Waals surface area contributed by atoms with Gasteiger partial charge in [0.05, 0.1) is 17.7 Å². The normalized spacial score (nSPS) is 14.1. The number of nitrogens with zero attached hydrogens (tertiary/aromatic N) is 2. The van der Waals surface area contributed by atoms with Gasteiger partial charge in [0.15, 0.2) is 0 Å². The molecule has 0 bridgehead atoms. The fourth-order valence-electron chi connectivity index (χ4n) is 4.17. The molecule has 2 amide bonds. The minimum Gasteiger partial charge on any atom is -0.489 e. The molecule has 7 nitrogen and oxygen atoms in total. The summed E-state index contributed by atoms with van der Waals surface area (Å²) in [5.41, 5.74) is 3.81. The maximum absolute atomic E-state index is 12.8. The fraction of sp³-hybridized carbons (Fsp3) is 0.370. The highest BCUT2D eigenvalue weighted by Gasteiger charge is 2.27. The molecule has 4 rings (SSSR count). The van der Waals surface area contributed by atoms with E-state index in [4.69, 9.17) is 9.26 Å². The van der Waals surface area contributed by atoms with Gasteiger partial charge in [-0.2, -0.15) is 0 Å². The van der Waals surface area contributed by atoms with Crippen molar-refractivity contribution in [3.63, 3.8) is 0 Å². The van der Waals surface area contributed by atoms with Gasteiger partial charge >= 0.3 is 0 Å². The number of likely N-dealkylation sites (tertiary alicyclic amines) is 1. The van der Waals surface area contributed by atoms with Crippen molar-refractivity contribution in [3.8, 4) is 5.75 Å². The molecule has 1 aromatic heterocycles. The molecule has 1 aliphatic rings. The lowest BCUT2D eigenvalue weighted by Gasteiger charge is -2.31. The van der Waals surface area contributed by atoms with Crippen LogP contribution in [0.1, 0.15) is 41.0 Å². The maximum atomic E-state index is 12.8. The van der Waals surface area contributed by atoms with Gasteiger partial charge in [0, 0.05) is 25.6 Å². The Kier molecular flexibility index (Phi) is 7.62. The molecule has 0 spiro atoms. The van der Waals surface area contributed by atoms with E-state index in [0.717, 1.165) is 33.9 Å². The number of hydrogen-bond donors (Lipinski definition) is 1. The number of rotatable bonds is 8. The Morgan fingerprint density at radius 2 is 1.74 bits per heavy atom. The van der Waals surface area contributed by atoms with Gasteiger partial charge in [-0.1, -0.05) is 47.6 Å². The van der Waals surface area contributed by atoms with Crippen LogP contribution in [0.2, 0.25) is 0 Å². The number of aryl methyl sites for hydroxylation is 2. The third-order valence-corrected chi connectivity index (χ3v) is 6.37. The second-order valence-electron chi connectivity index (χ2n) is 8.77. The zero-order chi connectivity index (χ0) is 23.9. The molecule has 1 aliphatic heterocycles. The molecule has 178 valence electrons. The van der Waals surface area contributed by atoms with E-state index >= 15 is 0 Å². The molecule has 34 heavy (non-hydrogen) atoms. The van der Waals surface area contributed by atoms with Crippen molar-refractivity contribution in [2.45, 2.75) is 46.3 Å². The van der Waals surface area contributed by atoms with E-state index in [1.807, 2.05) is 73.3 Å². The van der Waals surface area contributed by atoms with Crippen LogP contribution >= 0.6 is 0 Å². The van der Waals surface area contributed by atoms with Crippen molar-refractivity contribution in [3.05, 3.63) is 82.7 Å². The van der Waals surface area contributed by atoms with Gasteiger partial charge in [-0.05, 0) is 49.9 Å². The predicted molar refractivity (Wildman–Crippen MR) is 128 cm³/mol. The summed E-state index contributed by atoms with van der Waals surface area (Å²) in [5, 5.41) is 6.96. The number of benzene rings is 2. The Morgan fingerprint density at radius 1 is 1.03 bits per heavy atom. The molecule has 7 heteroatoms. The first-order chi connectivity index (χ1) is 16.5. The van der Waals surface area contributed by atoms with Crippen LogP contribution < -0.4 is 10.1 Å². The van der Waals surface area contributed by atoms with Crippen LogP contribution in [0.15, 0.2) is 59.1 Å². The number of carbonyl (C=O) groups excluding carboxylic acids is 2. The number of hydrogen-bond acceptors (Lipinski definition) is 5. The molecule has 0 atom stereocenters. The smallest absolute Gasteiger partial charge is 0.226 e. The summed E-state index contributed by atoms with van der Waals surface area (Å²) in [6.07, 6.45) is 1.73. The maximum Gasteiger partial charge on any atom is 0.226 e. The third kappa shape index (κ3) is 6.04. The summed E-state index contributed by atoms with van der Waals surface area (Å²) in [6.45, 7) is 5.92. The Balaban J connectivity index is 1.20. The number of carbonyl (C=O) groups is 2. The fourth-order valence-corrected chi connectivity index (χ4v) is 4.17. The van der Waals surface area contributed by atoms with Crippen molar-refractivity contribution < 1.29 is 18.8 Å². The van der Waals surface area contributed by atoms with Crippen molar-refractivity contribution >= 4 is 11.8 Å². The van der Waals surface area contributed by atoms with Gasteiger partial charge in [-0.3, -0.25) is 9.59 Å². The Morgan fingerprint density at radius 3 is 2.38 bits per heavy atom. The Hall–Kier alpha value is -3.61. The first-order valence-electron chi connectivity index (χ1n) is 11.7. The first-order valence-corrected chi connectivity index (χ1v) is 11.7. The van der Waals surface area contributed by atoms with Crippen molar-refractivity contribution in [2.75, 3.05) is 13.1 Å². The summed E-state index contributed by atoms with van der Waals surface area (Å²) in [5.74, 6) is 1.62. The summed E-state index contributed by atoms with van der Waals surface area (Å²) in [4.78, 5) is 27.1. The summed E-state index contributed by atoms with van der Waals surface area (Å²) < 4.78 is 11.0. The summed E-state index contributed by atoms with van der Waals surface area (Å²) >= 11 is 0. The van der Waals surface area contributed by atoms with Gasteiger partial charge in [0.25, 0.3) is 0 Å². The molecule has 1 N–H and O–H groups in total. The highest BCUT2D eigenvalue weighted by molar-refractivity contribution is 5.81. The topological polar surface area (TPSA) is 84.7 Å². The molecule has 0 unspecified atom stereocenters. The molecule has 0 saturated carbocycles. The van der Waals surface area contributed by atoms with Crippen LogP contribution in [0.3, 0.4) is 0 Å². The molecule has 0 aliphatic carbocycles. The van der Waals surface area contributed by atoms with Crippen molar-refractivity contribution in [1.82, 2.24) is 15.4 Å². The summed E-state index contributed by atoms with van der Waals surface area (Å²) in [7, 11) is 0. The zero-order valence-electron chi connectivity index (χ0n) is 19.8. The lowest BCUT2D eigenvalue weighted by Crippen LogP contribution is -2.43. The van der Waals surface area contributed by atoms with E-state index in [1.54, 1.807) is 0 Å². The molecule has 0 radical (unpaired) electrons. The van der Waals surface area contributed by atoms with Crippen LogP contribution in [-0.4, -0.2) is 35.0 Å². The zero-order valence-corrected chi connectivity index (χ0v) is 19.8. The number of aromatic nitrogens is 1. The minimum absolute atomic E-state index is 0.0399. The molecule has 2 aromatic carbocycles. The van der Waals surface area contributed by atoms with Gasteiger partial charge in [0.1, 0.15) is 18.1 Å². The van der Waals surface area contributed by atoms with Gasteiger partial charge in [-0.15, -0.1) is 0 Å². The van der Waals surface area contributed by atoms with Crippen LogP contribution in [0, 0.1) is 19.8 Å². The number of piperidine rings is 1. The number of ether oxygens (including phenoxy) is 1. The standard InChI is InChI=1S/C27H31N3O4/c1-19-25(20(2)34-29-19)18-33-24-10-8-21(9-11-24)16-26(31)30-14-12-23(13-15-30)27(32)28-17-22-6-4-3-5-7-22/h3-11,23H,12-18H2,1-2H3,(H,28,32). The minimum atomic E-state index is -0.0399. The van der Waals surface area contributed by atoms with E-state index in [2.05, 4.69) is 10.5 Å². The predicted octanol–water partition coefficient (Wildman–Crippen LogP) is 3.97. The SMILES string of the molecule is Cc1noc(C)c1COc1ccc(CC(=O)N2CCC(C(=O)NCc3ccccc3)CC2)cc1. The second kappa shape index (κ2) is 11.0. The average Bonchev–Trinajstić information content (AvgIpc) is 3.19. The molecule has 1 fully saturated rings. The van der Waals surface area contributed by atoms with E-state index in [0.29, 0.717) is 45.5 Å². The first kappa shape index (κ1) is 23.5. The highest BCUT2D eigenvalue weighted by Crippen LogP contribution is 2.21. The number of amides is 2. The molecule has 2 heterocycles. The van der Waals surface area contributed by atoms with Crippen LogP contribution in [0.5, 0.6) is 5.75 Å². The van der Waals surface area contributed by atoms with Gasteiger partial charge < -0.3 is 19.5 Å². The lowest BCUT2D eigenvalue weighted by atomic mass is 9.95. The van der Waals surface area contributed by atoms with Crippen molar-refractivity contribution in [1.29, 1.82) is 0 Å². The van der Waals surface area contributed by atoms with Crippen LogP contribution in [-0.2, 0) is 29.2 Å². The molecule has 3 aromatic rings. The monoisotopic (exact) mass is 461 g/mol. The van der Waals surface area contributed by atoms with Crippen molar-refractivity contribution in [2.24, 2.45) is 5.92 Å². The molecule has 1 saturated heterocycles. The van der Waals surface area contributed by atoms with E-state index in [-0.39, 0.29) is 17.7 Å². The quantitative estimate of drug-likeness (QED) is 0.549. The van der Waals surface area contributed by atoms with E-state index < -0.39 is 0 Å². The second-order valence-corrected chi connectivity index (χ2v) is 8.77. The Bertz CT molecular complexity index is 1080. The highest BCUT2D eigenvalue weighted by atomic mass is 16.5. The molecular weight excluding hydrogens is 430 g/mol. The molecular formula is C27H31N3O4. The lowest BCUT2D eigenvalue weighted by molar-refractivity contribution is -0.135. The third-order valence-electron chi connectivity index (χ3n) is 6.37. The summed E-state index contributed by atoms with van der Waals surface area (Å²) in [6, 6.07) is 17.5. The average molecular weight is 462 g/mol. The Labute approximate surface area is 200 Å². The number of nitrogens with one attached hydrogen (secondary N) is 1. The van der Waals surface area contributed by atoms with E-state index in [9.17, 15) is 9.59 Å². The van der Waals surface area contributed by atoms with Crippen LogP contribution in [0.25, 0.3) is 0 Å². The van der Waals surface area contributed by atoms with Gasteiger partial charge in [-0.25, -0.2) is 0 Å². The van der Waals surface area contributed by atoms with E-state index in [1.165, 1.54) is 0 Å². The van der Waals surface area contributed by atoms with Crippen LogP contribution in [0.4, 0.5) is 0 Å².